The molecule has 0 aliphatic carbocycles. The quantitative estimate of drug-likeness (QED) is 0.626. The summed E-state index contributed by atoms with van der Waals surface area (Å²) in [6.07, 6.45) is 0.214. The van der Waals surface area contributed by atoms with Gasteiger partial charge < -0.3 is 4.74 Å². The summed E-state index contributed by atoms with van der Waals surface area (Å²) >= 11 is 3.20. The molecule has 3 nitrogen and oxygen atoms in total. The smallest absolute Gasteiger partial charge is 0.312 e. The molecule has 118 valence electrons. The van der Waals surface area contributed by atoms with Crippen molar-refractivity contribution in [3.8, 4) is 10.6 Å². The number of carbonyl (C=O) groups excluding carboxylic acids is 1. The molecular formula is C18H17NO2S2. The van der Waals surface area contributed by atoms with Crippen molar-refractivity contribution in [2.45, 2.75) is 26.9 Å². The Labute approximate surface area is 143 Å². The van der Waals surface area contributed by atoms with Gasteiger partial charge in [0.15, 0.2) is 0 Å². The predicted octanol–water partition coefficient (Wildman–Crippen LogP) is 4.77. The number of aryl methyl sites for hydroxylation is 2. The number of nitrogens with zero attached hydrogens (tertiary/aromatic N) is 1. The number of ether oxygens (including phenoxy) is 1. The highest BCUT2D eigenvalue weighted by Crippen LogP contribution is 2.26. The minimum Gasteiger partial charge on any atom is -0.461 e. The highest BCUT2D eigenvalue weighted by molar-refractivity contribution is 7.14. The molecule has 0 spiro atoms. The van der Waals surface area contributed by atoms with Crippen molar-refractivity contribution in [1.29, 1.82) is 0 Å². The fraction of sp³-hybridized carbons (Fsp3) is 0.222. The number of benzene rings is 1. The Morgan fingerprint density at radius 2 is 2.09 bits per heavy atom. The second kappa shape index (κ2) is 7.06. The summed E-state index contributed by atoms with van der Waals surface area (Å²) in [6.45, 7) is 4.37. The molecule has 3 rings (SSSR count). The lowest BCUT2D eigenvalue weighted by atomic mass is 10.1. The van der Waals surface area contributed by atoms with E-state index in [9.17, 15) is 4.79 Å². The van der Waals surface area contributed by atoms with Gasteiger partial charge in [0.2, 0.25) is 0 Å². The van der Waals surface area contributed by atoms with E-state index in [0.29, 0.717) is 6.61 Å². The molecule has 0 N–H and O–H groups in total. The van der Waals surface area contributed by atoms with Crippen molar-refractivity contribution in [1.82, 2.24) is 4.98 Å². The Hall–Kier alpha value is -1.98. The maximum Gasteiger partial charge on any atom is 0.312 e. The zero-order chi connectivity index (χ0) is 16.2. The summed E-state index contributed by atoms with van der Waals surface area (Å²) < 4.78 is 5.40. The van der Waals surface area contributed by atoms with Gasteiger partial charge in [-0.05, 0) is 36.4 Å². The van der Waals surface area contributed by atoms with Crippen molar-refractivity contribution in [3.63, 3.8) is 0 Å². The lowest BCUT2D eigenvalue weighted by Crippen LogP contribution is -2.09. The van der Waals surface area contributed by atoms with Gasteiger partial charge >= 0.3 is 5.97 Å². The maximum atomic E-state index is 12.0. The molecule has 5 heteroatoms. The van der Waals surface area contributed by atoms with Crippen LogP contribution in [0.5, 0.6) is 0 Å². The van der Waals surface area contributed by atoms with E-state index in [0.717, 1.165) is 27.4 Å². The molecule has 0 fully saturated rings. The van der Waals surface area contributed by atoms with E-state index in [1.807, 2.05) is 36.7 Å². The average Bonchev–Trinajstić information content (AvgIpc) is 3.19. The SMILES string of the molecule is Cc1ccc(C)c(COC(=O)Cc2csc(-c3ccsc3)n2)c1. The molecule has 0 saturated heterocycles. The molecule has 0 amide bonds. The van der Waals surface area contributed by atoms with Crippen LogP contribution in [0.15, 0.2) is 40.4 Å². The Morgan fingerprint density at radius 3 is 2.87 bits per heavy atom. The van der Waals surface area contributed by atoms with E-state index in [-0.39, 0.29) is 12.4 Å². The highest BCUT2D eigenvalue weighted by Gasteiger charge is 2.11. The van der Waals surface area contributed by atoms with Crippen molar-refractivity contribution in [2.24, 2.45) is 0 Å². The molecule has 0 aliphatic rings. The van der Waals surface area contributed by atoms with Crippen LogP contribution < -0.4 is 0 Å². The Bertz CT molecular complexity index is 806. The van der Waals surface area contributed by atoms with E-state index >= 15 is 0 Å². The summed E-state index contributed by atoms with van der Waals surface area (Å²) in [4.78, 5) is 16.5. The number of aromatic nitrogens is 1. The largest absolute Gasteiger partial charge is 0.461 e. The van der Waals surface area contributed by atoms with Crippen molar-refractivity contribution in [2.75, 3.05) is 0 Å². The van der Waals surface area contributed by atoms with Crippen LogP contribution in [-0.4, -0.2) is 11.0 Å². The van der Waals surface area contributed by atoms with Crippen LogP contribution in [0.4, 0.5) is 0 Å². The number of esters is 1. The van der Waals surface area contributed by atoms with Gasteiger partial charge in [-0.15, -0.1) is 11.3 Å². The second-order valence-electron chi connectivity index (χ2n) is 5.42. The first-order valence-corrected chi connectivity index (χ1v) is 9.13. The minimum absolute atomic E-state index is 0.214. The van der Waals surface area contributed by atoms with Crippen LogP contribution in [0.3, 0.4) is 0 Å². The van der Waals surface area contributed by atoms with Crippen LogP contribution in [0.1, 0.15) is 22.4 Å². The molecule has 0 saturated carbocycles. The first-order chi connectivity index (χ1) is 11.1. The Kier molecular flexibility index (Phi) is 4.88. The third-order valence-electron chi connectivity index (χ3n) is 3.54. The van der Waals surface area contributed by atoms with E-state index < -0.39 is 0 Å². The number of rotatable bonds is 5. The summed E-state index contributed by atoms with van der Waals surface area (Å²) in [5.74, 6) is -0.243. The van der Waals surface area contributed by atoms with Gasteiger partial charge in [-0.25, -0.2) is 4.98 Å². The first kappa shape index (κ1) is 15.9. The molecule has 0 aliphatic heterocycles. The van der Waals surface area contributed by atoms with Crippen LogP contribution in [0.2, 0.25) is 0 Å². The minimum atomic E-state index is -0.243. The average molecular weight is 343 g/mol. The molecule has 1 aromatic carbocycles. The van der Waals surface area contributed by atoms with E-state index in [2.05, 4.69) is 22.5 Å². The van der Waals surface area contributed by atoms with Crippen molar-refractivity contribution < 1.29 is 9.53 Å². The third-order valence-corrected chi connectivity index (χ3v) is 5.16. The zero-order valence-electron chi connectivity index (χ0n) is 13.0. The molecule has 0 radical (unpaired) electrons. The van der Waals surface area contributed by atoms with Gasteiger partial charge in [0.05, 0.1) is 12.1 Å². The summed E-state index contributed by atoms with van der Waals surface area (Å²) in [7, 11) is 0. The number of hydrogen-bond donors (Lipinski definition) is 0. The van der Waals surface area contributed by atoms with E-state index in [1.54, 1.807) is 22.7 Å². The van der Waals surface area contributed by atoms with Crippen molar-refractivity contribution in [3.05, 3.63) is 62.8 Å². The predicted molar refractivity (Wildman–Crippen MR) is 94.8 cm³/mol. The molecular weight excluding hydrogens is 326 g/mol. The lowest BCUT2D eigenvalue weighted by Gasteiger charge is -2.08. The van der Waals surface area contributed by atoms with Gasteiger partial charge in [-0.1, -0.05) is 23.8 Å². The topological polar surface area (TPSA) is 39.2 Å². The van der Waals surface area contributed by atoms with Gasteiger partial charge in [-0.3, -0.25) is 4.79 Å². The van der Waals surface area contributed by atoms with Crippen LogP contribution >= 0.6 is 22.7 Å². The second-order valence-corrected chi connectivity index (χ2v) is 7.06. The maximum absolute atomic E-state index is 12.0. The fourth-order valence-corrected chi connectivity index (χ4v) is 3.75. The van der Waals surface area contributed by atoms with Crippen LogP contribution in [0.25, 0.3) is 10.6 Å². The van der Waals surface area contributed by atoms with Gasteiger partial charge in [0.25, 0.3) is 0 Å². The first-order valence-electron chi connectivity index (χ1n) is 7.30. The molecule has 0 atom stereocenters. The number of thiophene rings is 1. The molecule has 23 heavy (non-hydrogen) atoms. The fourth-order valence-electron chi connectivity index (χ4n) is 2.22. The normalized spacial score (nSPS) is 10.7. The van der Waals surface area contributed by atoms with Gasteiger partial charge in [-0.2, -0.15) is 11.3 Å². The highest BCUT2D eigenvalue weighted by atomic mass is 32.1. The van der Waals surface area contributed by atoms with E-state index in [4.69, 9.17) is 4.74 Å². The summed E-state index contributed by atoms with van der Waals surface area (Å²) in [5.41, 5.74) is 5.23. The summed E-state index contributed by atoms with van der Waals surface area (Å²) in [6, 6.07) is 8.19. The van der Waals surface area contributed by atoms with Crippen molar-refractivity contribution >= 4 is 28.6 Å². The Morgan fingerprint density at radius 1 is 1.22 bits per heavy atom. The number of thiazole rings is 1. The number of hydrogen-bond acceptors (Lipinski definition) is 5. The van der Waals surface area contributed by atoms with Gasteiger partial charge in [0, 0.05) is 16.3 Å². The third kappa shape index (κ3) is 4.06. The number of carbonyl (C=O) groups is 1. The van der Waals surface area contributed by atoms with E-state index in [1.165, 1.54) is 5.56 Å². The lowest BCUT2D eigenvalue weighted by molar-refractivity contribution is -0.144. The molecule has 0 unspecified atom stereocenters. The van der Waals surface area contributed by atoms with Crippen LogP contribution in [0, 0.1) is 13.8 Å². The standard InChI is InChI=1S/C18H17NO2S2/c1-12-3-4-13(2)15(7-12)9-21-17(20)8-16-11-23-18(19-16)14-5-6-22-10-14/h3-7,10-11H,8-9H2,1-2H3. The molecule has 2 aromatic heterocycles. The Balaban J connectivity index is 1.58. The molecule has 2 heterocycles. The zero-order valence-corrected chi connectivity index (χ0v) is 14.7. The van der Waals surface area contributed by atoms with Gasteiger partial charge in [0.1, 0.15) is 11.6 Å². The van der Waals surface area contributed by atoms with Crippen LogP contribution in [-0.2, 0) is 22.6 Å². The molecule has 0 bridgehead atoms. The monoisotopic (exact) mass is 343 g/mol. The summed E-state index contributed by atoms with van der Waals surface area (Å²) in [5, 5.41) is 6.95. The molecule has 3 aromatic rings.